The molecule has 0 rings (SSSR count). The van der Waals surface area contributed by atoms with Gasteiger partial charge in [0.25, 0.3) is 0 Å². The van der Waals surface area contributed by atoms with Crippen molar-refractivity contribution < 1.29 is 0 Å². The fourth-order valence-electron chi connectivity index (χ4n) is 1.23. The van der Waals surface area contributed by atoms with Gasteiger partial charge in [0.2, 0.25) is 0 Å². The van der Waals surface area contributed by atoms with E-state index in [-0.39, 0.29) is 0 Å². The quantitative estimate of drug-likeness (QED) is 0.482. The number of hydrogen-bond donors (Lipinski definition) is 3. The van der Waals surface area contributed by atoms with Crippen molar-refractivity contribution in [3.63, 3.8) is 0 Å². The molecule has 0 aliphatic heterocycles. The third-order valence-corrected chi connectivity index (χ3v) is 2.81. The highest BCUT2D eigenvalue weighted by Gasteiger charge is 1.97. The molecule has 15 heavy (non-hydrogen) atoms. The van der Waals surface area contributed by atoms with Crippen LogP contribution in [0.25, 0.3) is 0 Å². The van der Waals surface area contributed by atoms with Crippen LogP contribution in [0.3, 0.4) is 0 Å². The third kappa shape index (κ3) is 10.2. The van der Waals surface area contributed by atoms with Crippen LogP contribution in [-0.2, 0) is 0 Å². The first kappa shape index (κ1) is 14.9. The zero-order valence-electron chi connectivity index (χ0n) is 10.9. The van der Waals surface area contributed by atoms with Crippen LogP contribution in [0.5, 0.6) is 0 Å². The lowest BCUT2D eigenvalue weighted by Crippen LogP contribution is -2.37. The van der Waals surface area contributed by atoms with Gasteiger partial charge < -0.3 is 16.0 Å². The molecule has 3 heteroatoms. The first-order valence-electron chi connectivity index (χ1n) is 6.38. The highest BCUT2D eigenvalue weighted by atomic mass is 15.0. The fourth-order valence-corrected chi connectivity index (χ4v) is 1.23. The van der Waals surface area contributed by atoms with Gasteiger partial charge in [0, 0.05) is 38.3 Å². The molecule has 0 aromatic heterocycles. The van der Waals surface area contributed by atoms with E-state index in [0.717, 1.165) is 26.2 Å². The van der Waals surface area contributed by atoms with Crippen molar-refractivity contribution in [2.75, 3.05) is 26.2 Å². The number of hydrogen-bond acceptors (Lipinski definition) is 3. The minimum atomic E-state index is 0.644. The summed E-state index contributed by atoms with van der Waals surface area (Å²) >= 11 is 0. The van der Waals surface area contributed by atoms with Crippen LogP contribution in [-0.4, -0.2) is 38.3 Å². The van der Waals surface area contributed by atoms with Crippen molar-refractivity contribution in [1.29, 1.82) is 0 Å². The normalized spacial score (nSPS) is 15.2. The van der Waals surface area contributed by atoms with Crippen LogP contribution in [0.4, 0.5) is 0 Å². The lowest BCUT2D eigenvalue weighted by atomic mass is 10.2. The van der Waals surface area contributed by atoms with Crippen LogP contribution in [0.1, 0.15) is 40.5 Å². The minimum absolute atomic E-state index is 0.644. The van der Waals surface area contributed by atoms with E-state index in [4.69, 9.17) is 0 Å². The Morgan fingerprint density at radius 3 is 1.47 bits per heavy atom. The molecule has 0 spiro atoms. The summed E-state index contributed by atoms with van der Waals surface area (Å²) in [6.45, 7) is 13.1. The smallest absolute Gasteiger partial charge is 0.00792 e. The Morgan fingerprint density at radius 1 is 0.733 bits per heavy atom. The molecule has 0 saturated heterocycles. The summed E-state index contributed by atoms with van der Waals surface area (Å²) < 4.78 is 0. The van der Waals surface area contributed by atoms with E-state index in [1.807, 2.05) is 0 Å². The van der Waals surface area contributed by atoms with Gasteiger partial charge in [-0.3, -0.25) is 0 Å². The Hall–Kier alpha value is -0.120. The molecular weight excluding hydrogens is 186 g/mol. The molecule has 0 bridgehead atoms. The van der Waals surface area contributed by atoms with Gasteiger partial charge >= 0.3 is 0 Å². The average molecular weight is 215 g/mol. The molecule has 0 saturated carbocycles. The first-order chi connectivity index (χ1) is 7.20. The maximum atomic E-state index is 3.46. The molecule has 3 N–H and O–H groups in total. The predicted molar refractivity (Wildman–Crippen MR) is 68.4 cm³/mol. The van der Waals surface area contributed by atoms with Crippen molar-refractivity contribution in [3.8, 4) is 0 Å². The topological polar surface area (TPSA) is 36.1 Å². The Labute approximate surface area is 95.4 Å². The van der Waals surface area contributed by atoms with Gasteiger partial charge in [0.05, 0.1) is 0 Å². The molecule has 0 unspecified atom stereocenters. The Balaban J connectivity index is 3.05. The van der Waals surface area contributed by atoms with Crippen molar-refractivity contribution in [2.24, 2.45) is 0 Å². The van der Waals surface area contributed by atoms with E-state index in [1.54, 1.807) is 0 Å². The van der Waals surface area contributed by atoms with Crippen molar-refractivity contribution in [3.05, 3.63) is 0 Å². The van der Waals surface area contributed by atoms with E-state index in [1.165, 1.54) is 12.8 Å². The molecule has 0 fully saturated rings. The number of nitrogens with one attached hydrogen (secondary N) is 3. The molecule has 0 heterocycles. The van der Waals surface area contributed by atoms with Gasteiger partial charge in [0.15, 0.2) is 0 Å². The second-order valence-electron chi connectivity index (χ2n) is 4.28. The van der Waals surface area contributed by atoms with Gasteiger partial charge in [-0.2, -0.15) is 0 Å². The monoisotopic (exact) mass is 215 g/mol. The maximum Gasteiger partial charge on any atom is 0.00792 e. The number of rotatable bonds is 10. The summed E-state index contributed by atoms with van der Waals surface area (Å²) in [6.07, 6.45) is 2.41. The van der Waals surface area contributed by atoms with Crippen LogP contribution in [0, 0.1) is 0 Å². The van der Waals surface area contributed by atoms with E-state index >= 15 is 0 Å². The zero-order chi connectivity index (χ0) is 11.5. The van der Waals surface area contributed by atoms with E-state index < -0.39 is 0 Å². The largest absolute Gasteiger partial charge is 0.314 e. The Morgan fingerprint density at radius 2 is 1.13 bits per heavy atom. The first-order valence-corrected chi connectivity index (χ1v) is 6.38. The SMILES string of the molecule is CC[C@@H](C)NCCNCCN[C@@H](C)CC. The fraction of sp³-hybridized carbons (Fsp3) is 1.00. The van der Waals surface area contributed by atoms with Gasteiger partial charge in [-0.05, 0) is 26.7 Å². The minimum Gasteiger partial charge on any atom is -0.314 e. The van der Waals surface area contributed by atoms with E-state index in [2.05, 4.69) is 43.6 Å². The molecule has 2 atom stereocenters. The molecule has 0 aromatic rings. The summed E-state index contributed by atoms with van der Waals surface area (Å²) in [5, 5.41) is 10.3. The van der Waals surface area contributed by atoms with Gasteiger partial charge in [-0.15, -0.1) is 0 Å². The maximum absolute atomic E-state index is 3.46. The van der Waals surface area contributed by atoms with Crippen LogP contribution < -0.4 is 16.0 Å². The molecule has 0 amide bonds. The summed E-state index contributed by atoms with van der Waals surface area (Å²) in [7, 11) is 0. The van der Waals surface area contributed by atoms with Crippen molar-refractivity contribution in [2.45, 2.75) is 52.6 Å². The van der Waals surface area contributed by atoms with E-state index in [9.17, 15) is 0 Å². The molecule has 0 aliphatic carbocycles. The van der Waals surface area contributed by atoms with Gasteiger partial charge in [-0.1, -0.05) is 13.8 Å². The third-order valence-electron chi connectivity index (χ3n) is 2.81. The molecule has 0 radical (unpaired) electrons. The lowest BCUT2D eigenvalue weighted by Gasteiger charge is -2.13. The van der Waals surface area contributed by atoms with Crippen molar-refractivity contribution in [1.82, 2.24) is 16.0 Å². The van der Waals surface area contributed by atoms with E-state index in [0.29, 0.717) is 12.1 Å². The van der Waals surface area contributed by atoms with Crippen LogP contribution in [0.15, 0.2) is 0 Å². The second-order valence-corrected chi connectivity index (χ2v) is 4.28. The predicted octanol–water partition coefficient (Wildman–Crippen LogP) is 1.35. The lowest BCUT2D eigenvalue weighted by molar-refractivity contribution is 0.494. The van der Waals surface area contributed by atoms with Gasteiger partial charge in [0.1, 0.15) is 0 Å². The highest BCUT2D eigenvalue weighted by Crippen LogP contribution is 1.86. The highest BCUT2D eigenvalue weighted by molar-refractivity contribution is 4.61. The Bertz CT molecular complexity index is 114. The van der Waals surface area contributed by atoms with Crippen LogP contribution in [0.2, 0.25) is 0 Å². The standard InChI is InChI=1S/C12H29N3/c1-5-11(3)14-9-7-13-8-10-15-12(4)6-2/h11-15H,5-10H2,1-4H3/t11-,12+. The molecular formula is C12H29N3. The molecule has 3 nitrogen and oxygen atoms in total. The van der Waals surface area contributed by atoms with Crippen molar-refractivity contribution >= 4 is 0 Å². The van der Waals surface area contributed by atoms with Crippen LogP contribution >= 0.6 is 0 Å². The average Bonchev–Trinajstić information content (AvgIpc) is 2.26. The molecule has 0 aromatic carbocycles. The molecule has 0 aliphatic rings. The summed E-state index contributed by atoms with van der Waals surface area (Å²) in [5.74, 6) is 0. The zero-order valence-corrected chi connectivity index (χ0v) is 10.9. The second kappa shape index (κ2) is 10.4. The van der Waals surface area contributed by atoms with Gasteiger partial charge in [-0.25, -0.2) is 0 Å². The summed E-state index contributed by atoms with van der Waals surface area (Å²) in [5.41, 5.74) is 0. The molecule has 92 valence electrons. The Kier molecular flexibility index (Phi) is 10.3. The summed E-state index contributed by atoms with van der Waals surface area (Å²) in [6, 6.07) is 1.29. The summed E-state index contributed by atoms with van der Waals surface area (Å²) in [4.78, 5) is 0.